The number of ether oxygens (including phenoxy) is 2. The average Bonchev–Trinajstić information content (AvgIpc) is 2.80. The minimum atomic E-state index is 0.502. The minimum absolute atomic E-state index is 0.502. The van der Waals surface area contributed by atoms with Crippen LogP contribution in [0.15, 0.2) is 72.5 Å². The first-order valence-electron chi connectivity index (χ1n) is 9.50. The predicted octanol–water partition coefficient (Wildman–Crippen LogP) is 5.21. The average molecular weight is 395 g/mol. The Balaban J connectivity index is 1.66. The standard InChI is InChI=1S/C25H21N3O2/c1-28-20(7-4-18-15-22(30-3)10-13-25(18)28)8-5-19(16-26)24-11-6-17-14-21(29-2)9-12-23(17)27-24/h4-15H,1-3H3/b19-5+,20-8+. The molecule has 1 aliphatic rings. The molecular formula is C25H21N3O2. The Bertz CT molecular complexity index is 1250. The van der Waals surface area contributed by atoms with E-state index in [-0.39, 0.29) is 0 Å². The van der Waals surface area contributed by atoms with Crippen molar-refractivity contribution in [2.75, 3.05) is 26.2 Å². The Labute approximate surface area is 175 Å². The number of allylic oxidation sites excluding steroid dienone is 4. The summed E-state index contributed by atoms with van der Waals surface area (Å²) >= 11 is 0. The zero-order chi connectivity index (χ0) is 21.1. The number of aromatic nitrogens is 1. The van der Waals surface area contributed by atoms with Gasteiger partial charge in [-0.25, -0.2) is 4.98 Å². The highest BCUT2D eigenvalue weighted by molar-refractivity contribution is 5.85. The van der Waals surface area contributed by atoms with Gasteiger partial charge in [-0.2, -0.15) is 5.26 Å². The molecule has 1 aliphatic heterocycles. The third-order valence-electron chi connectivity index (χ3n) is 5.13. The van der Waals surface area contributed by atoms with Crippen LogP contribution in [0.5, 0.6) is 11.5 Å². The molecule has 148 valence electrons. The number of likely N-dealkylation sites (N-methyl/N-ethyl adjacent to an activating group) is 1. The van der Waals surface area contributed by atoms with E-state index in [1.54, 1.807) is 14.2 Å². The van der Waals surface area contributed by atoms with Crippen LogP contribution in [0.3, 0.4) is 0 Å². The van der Waals surface area contributed by atoms with Gasteiger partial charge in [0.05, 0.1) is 31.0 Å². The van der Waals surface area contributed by atoms with E-state index in [4.69, 9.17) is 9.47 Å². The zero-order valence-electron chi connectivity index (χ0n) is 17.1. The van der Waals surface area contributed by atoms with Gasteiger partial charge < -0.3 is 14.4 Å². The van der Waals surface area contributed by atoms with Crippen molar-refractivity contribution in [2.24, 2.45) is 0 Å². The molecular weight excluding hydrogens is 374 g/mol. The first-order chi connectivity index (χ1) is 14.6. The number of methoxy groups -OCH3 is 2. The predicted molar refractivity (Wildman–Crippen MR) is 120 cm³/mol. The fraction of sp³-hybridized carbons (Fsp3) is 0.120. The molecule has 0 bridgehead atoms. The number of hydrogen-bond acceptors (Lipinski definition) is 5. The first-order valence-corrected chi connectivity index (χ1v) is 9.50. The summed E-state index contributed by atoms with van der Waals surface area (Å²) in [5.41, 5.74) is 5.10. The monoisotopic (exact) mass is 395 g/mol. The number of nitrogens with zero attached hydrogens (tertiary/aromatic N) is 3. The molecule has 5 heteroatoms. The number of anilines is 1. The summed E-state index contributed by atoms with van der Waals surface area (Å²) in [5.74, 6) is 1.61. The Hall–Kier alpha value is -4.04. The number of nitriles is 1. The van der Waals surface area contributed by atoms with Crippen LogP contribution >= 0.6 is 0 Å². The molecule has 0 radical (unpaired) electrons. The molecule has 30 heavy (non-hydrogen) atoms. The molecule has 2 heterocycles. The summed E-state index contributed by atoms with van der Waals surface area (Å²) < 4.78 is 10.6. The van der Waals surface area contributed by atoms with Gasteiger partial charge in [-0.15, -0.1) is 0 Å². The van der Waals surface area contributed by atoms with Crippen LogP contribution in [0, 0.1) is 11.3 Å². The van der Waals surface area contributed by atoms with Crippen LogP contribution in [0.25, 0.3) is 22.6 Å². The van der Waals surface area contributed by atoms with E-state index in [0.29, 0.717) is 11.3 Å². The van der Waals surface area contributed by atoms with Crippen LogP contribution in [0.2, 0.25) is 0 Å². The minimum Gasteiger partial charge on any atom is -0.497 e. The second kappa shape index (κ2) is 8.14. The van der Waals surface area contributed by atoms with Gasteiger partial charge in [0, 0.05) is 29.4 Å². The SMILES string of the molecule is COc1ccc2c(c1)C=C/C(=C\C=C(/C#N)c1ccc3cc(OC)ccc3n1)N2C. The Kier molecular flexibility index (Phi) is 5.23. The molecule has 4 rings (SSSR count). The van der Waals surface area contributed by atoms with E-state index in [9.17, 15) is 5.26 Å². The highest BCUT2D eigenvalue weighted by Gasteiger charge is 2.14. The second-order valence-corrected chi connectivity index (χ2v) is 6.86. The van der Waals surface area contributed by atoms with Crippen molar-refractivity contribution in [2.45, 2.75) is 0 Å². The summed E-state index contributed by atoms with van der Waals surface area (Å²) in [5, 5.41) is 10.7. The van der Waals surface area contributed by atoms with Crippen molar-refractivity contribution in [3.8, 4) is 17.6 Å². The third kappa shape index (κ3) is 3.63. The lowest BCUT2D eigenvalue weighted by Crippen LogP contribution is -2.18. The van der Waals surface area contributed by atoms with Gasteiger partial charge in [-0.1, -0.05) is 12.1 Å². The number of benzene rings is 2. The van der Waals surface area contributed by atoms with E-state index in [0.717, 1.165) is 39.3 Å². The maximum absolute atomic E-state index is 9.69. The number of rotatable bonds is 4. The topological polar surface area (TPSA) is 58.4 Å². The fourth-order valence-corrected chi connectivity index (χ4v) is 3.42. The molecule has 2 aromatic carbocycles. The van der Waals surface area contributed by atoms with Crippen LogP contribution in [-0.4, -0.2) is 26.3 Å². The van der Waals surface area contributed by atoms with E-state index in [1.807, 2.05) is 79.9 Å². The van der Waals surface area contributed by atoms with Crippen LogP contribution < -0.4 is 14.4 Å². The Morgan fingerprint density at radius 2 is 1.77 bits per heavy atom. The normalized spacial score (nSPS) is 14.5. The highest BCUT2D eigenvalue weighted by Crippen LogP contribution is 2.32. The molecule has 3 aromatic rings. The van der Waals surface area contributed by atoms with Crippen molar-refractivity contribution in [1.29, 1.82) is 5.26 Å². The van der Waals surface area contributed by atoms with Crippen molar-refractivity contribution >= 4 is 28.2 Å². The zero-order valence-corrected chi connectivity index (χ0v) is 17.1. The highest BCUT2D eigenvalue weighted by atomic mass is 16.5. The maximum atomic E-state index is 9.69. The van der Waals surface area contributed by atoms with E-state index in [2.05, 4.69) is 16.0 Å². The summed E-state index contributed by atoms with van der Waals surface area (Å²) in [6.45, 7) is 0. The molecule has 1 aromatic heterocycles. The number of fused-ring (bicyclic) bond motifs is 2. The van der Waals surface area contributed by atoms with Crippen molar-refractivity contribution in [1.82, 2.24) is 4.98 Å². The summed E-state index contributed by atoms with van der Waals surface area (Å²) in [7, 11) is 5.30. The molecule has 5 nitrogen and oxygen atoms in total. The molecule has 0 atom stereocenters. The molecule has 0 unspecified atom stereocenters. The fourth-order valence-electron chi connectivity index (χ4n) is 3.42. The van der Waals surface area contributed by atoms with Gasteiger partial charge in [0.25, 0.3) is 0 Å². The van der Waals surface area contributed by atoms with Gasteiger partial charge in [0.2, 0.25) is 0 Å². The molecule has 0 spiro atoms. The molecule has 0 N–H and O–H groups in total. The van der Waals surface area contributed by atoms with Crippen molar-refractivity contribution < 1.29 is 9.47 Å². The van der Waals surface area contributed by atoms with Crippen molar-refractivity contribution in [3.63, 3.8) is 0 Å². The van der Waals surface area contributed by atoms with Crippen LogP contribution in [0.4, 0.5) is 5.69 Å². The van der Waals surface area contributed by atoms with Gasteiger partial charge >= 0.3 is 0 Å². The summed E-state index contributed by atoms with van der Waals surface area (Å²) in [6.07, 6.45) is 7.81. The summed E-state index contributed by atoms with van der Waals surface area (Å²) in [6, 6.07) is 17.7. The summed E-state index contributed by atoms with van der Waals surface area (Å²) in [4.78, 5) is 6.72. The van der Waals surface area contributed by atoms with E-state index < -0.39 is 0 Å². The van der Waals surface area contributed by atoms with E-state index >= 15 is 0 Å². The Morgan fingerprint density at radius 3 is 2.53 bits per heavy atom. The molecule has 0 fully saturated rings. The van der Waals surface area contributed by atoms with Gasteiger partial charge in [-0.3, -0.25) is 0 Å². The second-order valence-electron chi connectivity index (χ2n) is 6.86. The third-order valence-corrected chi connectivity index (χ3v) is 5.13. The molecule has 0 saturated carbocycles. The Morgan fingerprint density at radius 1 is 1.00 bits per heavy atom. The molecule has 0 amide bonds. The molecule has 0 aliphatic carbocycles. The molecule has 0 saturated heterocycles. The first kappa shape index (κ1) is 19.3. The number of hydrogen-bond donors (Lipinski definition) is 0. The van der Waals surface area contributed by atoms with Gasteiger partial charge in [-0.05, 0) is 60.7 Å². The number of pyridine rings is 1. The quantitative estimate of drug-likeness (QED) is 0.568. The lowest BCUT2D eigenvalue weighted by molar-refractivity contribution is 0.414. The lowest BCUT2D eigenvalue weighted by atomic mass is 10.0. The smallest absolute Gasteiger partial charge is 0.119 e. The van der Waals surface area contributed by atoms with Gasteiger partial charge in [0.1, 0.15) is 17.6 Å². The van der Waals surface area contributed by atoms with E-state index in [1.165, 1.54) is 0 Å². The van der Waals surface area contributed by atoms with Crippen molar-refractivity contribution in [3.05, 3.63) is 83.7 Å². The largest absolute Gasteiger partial charge is 0.497 e. The lowest BCUT2D eigenvalue weighted by Gasteiger charge is -2.26. The van der Waals surface area contributed by atoms with Gasteiger partial charge in [0.15, 0.2) is 0 Å². The van der Waals surface area contributed by atoms with Crippen LogP contribution in [-0.2, 0) is 0 Å². The maximum Gasteiger partial charge on any atom is 0.119 e. The van der Waals surface area contributed by atoms with Crippen LogP contribution in [0.1, 0.15) is 11.3 Å².